The number of amides is 1. The van der Waals surface area contributed by atoms with E-state index in [1.807, 2.05) is 0 Å². The number of rotatable bonds is 3. The zero-order valence-corrected chi connectivity index (χ0v) is 13.1. The molecular weight excluding hydrogens is 288 g/mol. The molecule has 0 aromatic carbocycles. The molecule has 0 saturated carbocycles. The van der Waals surface area contributed by atoms with Gasteiger partial charge in [-0.2, -0.15) is 0 Å². The average molecular weight is 306 g/mol. The molecule has 0 spiro atoms. The van der Waals surface area contributed by atoms with Crippen LogP contribution in [0.2, 0.25) is 0 Å². The predicted molar refractivity (Wildman–Crippen MR) is 79.9 cm³/mol. The predicted octanol–water partition coefficient (Wildman–Crippen LogP) is 0.431. The molecule has 2 rings (SSSR count). The van der Waals surface area contributed by atoms with Crippen molar-refractivity contribution in [1.29, 1.82) is 0 Å². The van der Waals surface area contributed by atoms with E-state index in [4.69, 9.17) is 4.52 Å². The van der Waals surface area contributed by atoms with Crippen molar-refractivity contribution in [3.63, 3.8) is 0 Å². The highest BCUT2D eigenvalue weighted by Crippen LogP contribution is 2.23. The number of hydrogen-bond acceptors (Lipinski definition) is 5. The Hall–Kier alpha value is -2.64. The molecule has 22 heavy (non-hydrogen) atoms. The van der Waals surface area contributed by atoms with Gasteiger partial charge < -0.3 is 14.4 Å². The molecule has 0 saturated heterocycles. The topological polar surface area (TPSA) is 99.1 Å². The van der Waals surface area contributed by atoms with Crippen LogP contribution in [0.25, 0.3) is 0 Å². The zero-order valence-electron chi connectivity index (χ0n) is 13.1. The van der Waals surface area contributed by atoms with E-state index in [0.29, 0.717) is 17.0 Å². The van der Waals surface area contributed by atoms with Crippen molar-refractivity contribution >= 4 is 11.6 Å². The minimum atomic E-state index is -0.553. The number of anilines is 1. The van der Waals surface area contributed by atoms with E-state index in [0.717, 1.165) is 4.57 Å². The summed E-state index contributed by atoms with van der Waals surface area (Å²) in [4.78, 5) is 36.0. The van der Waals surface area contributed by atoms with Crippen LogP contribution >= 0.6 is 0 Å². The highest BCUT2D eigenvalue weighted by molar-refractivity contribution is 5.95. The van der Waals surface area contributed by atoms with Crippen molar-refractivity contribution in [2.24, 2.45) is 14.1 Å². The number of nitrogens with zero attached hydrogens (tertiary/aromatic N) is 3. The second-order valence-corrected chi connectivity index (χ2v) is 5.25. The molecule has 8 nitrogen and oxygen atoms in total. The van der Waals surface area contributed by atoms with Crippen LogP contribution in [-0.2, 0) is 18.9 Å². The van der Waals surface area contributed by atoms with Gasteiger partial charge in [0.25, 0.3) is 5.56 Å². The Kier molecular flexibility index (Phi) is 4.03. The molecule has 0 aliphatic carbocycles. The van der Waals surface area contributed by atoms with Crippen molar-refractivity contribution in [1.82, 2.24) is 14.3 Å². The van der Waals surface area contributed by atoms with Crippen LogP contribution in [0, 0.1) is 13.8 Å². The SMILES string of the molecule is Cc1noc(C)c1[C@@H](C)C(=O)Nc1cn(C)c(=O)n(C)c1=O. The van der Waals surface area contributed by atoms with Crippen LogP contribution in [0.15, 0.2) is 20.3 Å². The number of carbonyl (C=O) groups excluding carboxylic acids is 1. The van der Waals surface area contributed by atoms with Gasteiger partial charge in [0.15, 0.2) is 0 Å². The van der Waals surface area contributed by atoms with Crippen LogP contribution < -0.4 is 16.6 Å². The monoisotopic (exact) mass is 306 g/mol. The molecule has 118 valence electrons. The number of nitrogens with one attached hydrogen (secondary N) is 1. The first kappa shape index (κ1) is 15.7. The third-order valence-corrected chi connectivity index (χ3v) is 3.62. The van der Waals surface area contributed by atoms with Gasteiger partial charge in [-0.1, -0.05) is 5.16 Å². The minimum Gasteiger partial charge on any atom is -0.361 e. The fourth-order valence-corrected chi connectivity index (χ4v) is 2.37. The Morgan fingerprint density at radius 1 is 1.32 bits per heavy atom. The second kappa shape index (κ2) is 5.63. The smallest absolute Gasteiger partial charge is 0.330 e. The lowest BCUT2D eigenvalue weighted by Gasteiger charge is -2.13. The van der Waals surface area contributed by atoms with E-state index in [9.17, 15) is 14.4 Å². The quantitative estimate of drug-likeness (QED) is 0.886. The van der Waals surface area contributed by atoms with E-state index in [-0.39, 0.29) is 11.6 Å². The van der Waals surface area contributed by atoms with Crippen LogP contribution in [0.5, 0.6) is 0 Å². The molecule has 1 atom stereocenters. The normalized spacial score (nSPS) is 12.2. The maximum Gasteiger partial charge on any atom is 0.330 e. The van der Waals surface area contributed by atoms with Gasteiger partial charge in [-0.3, -0.25) is 14.2 Å². The molecule has 0 unspecified atom stereocenters. The Morgan fingerprint density at radius 3 is 2.50 bits per heavy atom. The summed E-state index contributed by atoms with van der Waals surface area (Å²) in [7, 11) is 2.87. The van der Waals surface area contributed by atoms with Gasteiger partial charge in [0.05, 0.1) is 11.6 Å². The highest BCUT2D eigenvalue weighted by Gasteiger charge is 2.24. The van der Waals surface area contributed by atoms with Crippen molar-refractivity contribution in [3.8, 4) is 0 Å². The molecular formula is C14H18N4O4. The summed E-state index contributed by atoms with van der Waals surface area (Å²) in [6.45, 7) is 5.18. The maximum absolute atomic E-state index is 12.4. The number of carbonyl (C=O) groups is 1. The second-order valence-electron chi connectivity index (χ2n) is 5.25. The average Bonchev–Trinajstić information content (AvgIpc) is 2.80. The van der Waals surface area contributed by atoms with Crippen LogP contribution in [0.1, 0.15) is 29.9 Å². The van der Waals surface area contributed by atoms with Gasteiger partial charge in [-0.15, -0.1) is 0 Å². The van der Waals surface area contributed by atoms with E-state index in [1.165, 1.54) is 24.9 Å². The molecule has 0 aliphatic heterocycles. The van der Waals surface area contributed by atoms with Crippen LogP contribution in [0.3, 0.4) is 0 Å². The first-order valence-corrected chi connectivity index (χ1v) is 6.74. The van der Waals surface area contributed by atoms with Crippen molar-refractivity contribution in [3.05, 3.63) is 44.1 Å². The van der Waals surface area contributed by atoms with Crippen LogP contribution in [-0.4, -0.2) is 20.2 Å². The van der Waals surface area contributed by atoms with E-state index in [1.54, 1.807) is 20.8 Å². The molecule has 0 aliphatic rings. The summed E-state index contributed by atoms with van der Waals surface area (Å²) in [5.41, 5.74) is 0.366. The summed E-state index contributed by atoms with van der Waals surface area (Å²) in [6.07, 6.45) is 1.31. The first-order valence-electron chi connectivity index (χ1n) is 6.74. The summed E-state index contributed by atoms with van der Waals surface area (Å²) in [5, 5.41) is 6.38. The summed E-state index contributed by atoms with van der Waals surface area (Å²) in [6, 6.07) is 0. The Morgan fingerprint density at radius 2 is 1.95 bits per heavy atom. The fourth-order valence-electron chi connectivity index (χ4n) is 2.37. The highest BCUT2D eigenvalue weighted by atomic mass is 16.5. The summed E-state index contributed by atoms with van der Waals surface area (Å²) in [5.74, 6) is -0.341. The number of hydrogen-bond donors (Lipinski definition) is 1. The Bertz CT molecular complexity index is 824. The minimum absolute atomic E-state index is 0.0493. The third-order valence-electron chi connectivity index (χ3n) is 3.62. The lowest BCUT2D eigenvalue weighted by Crippen LogP contribution is -2.38. The molecule has 0 radical (unpaired) electrons. The summed E-state index contributed by atoms with van der Waals surface area (Å²) < 4.78 is 7.23. The van der Waals surface area contributed by atoms with Crippen molar-refractivity contribution in [2.45, 2.75) is 26.7 Å². The van der Waals surface area contributed by atoms with E-state index in [2.05, 4.69) is 10.5 Å². The van der Waals surface area contributed by atoms with Gasteiger partial charge in [0.1, 0.15) is 11.4 Å². The Balaban J connectivity index is 2.34. The van der Waals surface area contributed by atoms with Crippen molar-refractivity contribution < 1.29 is 9.32 Å². The molecule has 1 amide bonds. The molecule has 2 heterocycles. The van der Waals surface area contributed by atoms with Crippen molar-refractivity contribution in [2.75, 3.05) is 5.32 Å². The largest absolute Gasteiger partial charge is 0.361 e. The van der Waals surface area contributed by atoms with Gasteiger partial charge in [-0.05, 0) is 20.8 Å². The number of aryl methyl sites for hydroxylation is 3. The van der Waals surface area contributed by atoms with Gasteiger partial charge in [0.2, 0.25) is 5.91 Å². The standard InChI is InChI=1S/C14H18N4O4/c1-7(11-8(2)16-22-9(11)3)12(19)15-10-6-17(4)14(21)18(5)13(10)20/h6-7H,1-5H3,(H,15,19)/t7-/m1/s1. The number of aromatic nitrogens is 3. The van der Waals surface area contributed by atoms with E-state index >= 15 is 0 Å². The van der Waals surface area contributed by atoms with Gasteiger partial charge in [-0.25, -0.2) is 4.79 Å². The molecule has 8 heteroatoms. The van der Waals surface area contributed by atoms with Gasteiger partial charge in [0, 0.05) is 25.9 Å². The fraction of sp³-hybridized carbons (Fsp3) is 0.429. The molecule has 0 bridgehead atoms. The Labute approximate surface area is 126 Å². The zero-order chi connectivity index (χ0) is 16.6. The third kappa shape index (κ3) is 2.59. The molecule has 2 aromatic heterocycles. The van der Waals surface area contributed by atoms with E-state index < -0.39 is 17.2 Å². The first-order chi connectivity index (χ1) is 10.2. The summed E-state index contributed by atoms with van der Waals surface area (Å²) >= 11 is 0. The lowest BCUT2D eigenvalue weighted by atomic mass is 9.99. The molecule has 2 aromatic rings. The maximum atomic E-state index is 12.4. The van der Waals surface area contributed by atoms with Gasteiger partial charge >= 0.3 is 5.69 Å². The molecule has 0 fully saturated rings. The van der Waals surface area contributed by atoms with Crippen LogP contribution in [0.4, 0.5) is 5.69 Å². The molecule has 1 N–H and O–H groups in total. The lowest BCUT2D eigenvalue weighted by molar-refractivity contribution is -0.117.